The minimum absolute atomic E-state index is 0.103. The molecule has 0 fully saturated rings. The Morgan fingerprint density at radius 3 is 1.24 bits per heavy atom. The molecular formula is C58H38F6O12S3. The SMILES string of the molecule is CCOC(=O)CSCC(=O)OCC.O=C(C(=O)c1ccc(F)cc1)c1ccc(F)cc1.O=C(O)c1scc(-c2ccc(F)cc2)c1-c1ccc(F)cc1.O=C=O.O=c1c2cc(F)ccc2c2c1sc1c(=O)c3cc(F)ccc3c12. The molecule has 2 heterocycles. The van der Waals surface area contributed by atoms with E-state index in [2.05, 4.69) is 9.47 Å². The summed E-state index contributed by atoms with van der Waals surface area (Å²) < 4.78 is 88.7. The predicted octanol–water partition coefficient (Wildman–Crippen LogP) is 12.6. The van der Waals surface area contributed by atoms with Gasteiger partial charge in [-0.25, -0.2) is 31.1 Å². The molecule has 10 rings (SSSR count). The number of hydrogen-bond acceptors (Lipinski definition) is 14. The maximum atomic E-state index is 13.4. The van der Waals surface area contributed by atoms with Gasteiger partial charge in [0, 0.05) is 49.2 Å². The number of hydrogen-bond donors (Lipinski definition) is 1. The second-order valence-electron chi connectivity index (χ2n) is 16.1. The van der Waals surface area contributed by atoms with Crippen LogP contribution in [0.15, 0.2) is 148 Å². The number of esters is 2. The van der Waals surface area contributed by atoms with Crippen LogP contribution in [0.4, 0.5) is 26.3 Å². The van der Waals surface area contributed by atoms with Gasteiger partial charge >= 0.3 is 24.1 Å². The molecule has 0 aliphatic heterocycles. The first kappa shape index (κ1) is 59.4. The summed E-state index contributed by atoms with van der Waals surface area (Å²) >= 11 is 3.40. The molecule has 8 aromatic carbocycles. The molecule has 0 atom stereocenters. The van der Waals surface area contributed by atoms with E-state index in [9.17, 15) is 65.0 Å². The van der Waals surface area contributed by atoms with Crippen molar-refractivity contribution in [2.75, 3.05) is 24.7 Å². The van der Waals surface area contributed by atoms with Gasteiger partial charge in [-0.1, -0.05) is 36.4 Å². The molecule has 0 aliphatic rings. The van der Waals surface area contributed by atoms with Gasteiger partial charge in [-0.05, 0) is 133 Å². The molecule has 0 bridgehead atoms. The van der Waals surface area contributed by atoms with Gasteiger partial charge in [0.05, 0.1) is 34.1 Å². The van der Waals surface area contributed by atoms with E-state index in [-0.39, 0.29) is 68.1 Å². The molecule has 1 N–H and O–H groups in total. The van der Waals surface area contributed by atoms with Crippen molar-refractivity contribution in [2.45, 2.75) is 13.8 Å². The standard InChI is InChI=1S/C18H6F2O2S.C17H10F2O2S.C14H8F2O2.C8H14O4S.CO2/c19-7-1-3-9-11(5-7)15(21)17-13(9)14-10-4-2-8(20)6-12(10)16(22)18(14)23-17;18-12-5-1-10(2-6-12)14-9-22-16(17(20)21)15(14)11-3-7-13(19)8-4-11;15-11-5-1-9(2-6-11)13(17)14(18)10-3-7-12(16)8-4-10;1-3-11-7(9)5-13-6-8(10)12-4-2;2-1-3/h1-6H;1-9H,(H,20,21);1-8H;3-6H2,1-2H3;. The number of thioether (sulfide) groups is 1. The number of Topliss-reactive ketones (excluding diaryl/α,β-unsaturated/α-hetero) is 2. The van der Waals surface area contributed by atoms with Crippen LogP contribution in [0, 0.1) is 34.9 Å². The molecule has 0 radical (unpaired) electrons. The van der Waals surface area contributed by atoms with Crippen molar-refractivity contribution in [3.05, 3.63) is 210 Å². The molecule has 402 valence electrons. The predicted molar refractivity (Wildman–Crippen MR) is 288 cm³/mol. The van der Waals surface area contributed by atoms with Gasteiger partial charge in [0.25, 0.3) is 0 Å². The lowest BCUT2D eigenvalue weighted by Gasteiger charge is -2.07. The van der Waals surface area contributed by atoms with Crippen LogP contribution in [-0.2, 0) is 28.7 Å². The maximum Gasteiger partial charge on any atom is 0.373 e. The lowest BCUT2D eigenvalue weighted by atomic mass is 9.97. The van der Waals surface area contributed by atoms with Crippen LogP contribution in [0.1, 0.15) is 44.2 Å². The van der Waals surface area contributed by atoms with Crippen LogP contribution < -0.4 is 10.9 Å². The van der Waals surface area contributed by atoms with E-state index in [0.717, 1.165) is 46.9 Å². The Morgan fingerprint density at radius 2 is 0.873 bits per heavy atom. The monoisotopic (exact) mass is 1140 g/mol. The van der Waals surface area contributed by atoms with Gasteiger partial charge < -0.3 is 14.6 Å². The quantitative estimate of drug-likeness (QED) is 0.0526. The highest BCUT2D eigenvalue weighted by molar-refractivity contribution is 8.00. The van der Waals surface area contributed by atoms with Crippen molar-refractivity contribution in [2.24, 2.45) is 0 Å². The lowest BCUT2D eigenvalue weighted by Crippen LogP contribution is -2.14. The molecule has 0 amide bonds. The van der Waals surface area contributed by atoms with E-state index in [1.807, 2.05) is 0 Å². The molecule has 21 heteroatoms. The molecule has 0 spiro atoms. The molecule has 0 aliphatic carbocycles. The molecule has 10 aromatic rings. The Bertz CT molecular complexity index is 3800. The first-order valence-electron chi connectivity index (χ1n) is 23.0. The fraction of sp³-hybridized carbons (Fsp3) is 0.103. The Kier molecular flexibility index (Phi) is 20.6. The normalized spacial score (nSPS) is 10.5. The van der Waals surface area contributed by atoms with Crippen LogP contribution in [-0.4, -0.2) is 65.5 Å². The fourth-order valence-electron chi connectivity index (χ4n) is 7.70. The van der Waals surface area contributed by atoms with Crippen LogP contribution in [0.25, 0.3) is 64.0 Å². The number of halogens is 6. The number of aromatic carboxylic acids is 1. The van der Waals surface area contributed by atoms with E-state index in [4.69, 9.17) is 9.59 Å². The summed E-state index contributed by atoms with van der Waals surface area (Å²) in [6.07, 6.45) is 0.250. The number of fused-ring (bicyclic) bond motifs is 7. The molecule has 0 saturated heterocycles. The summed E-state index contributed by atoms with van der Waals surface area (Å²) in [5, 5.41) is 14.3. The Balaban J connectivity index is 0.000000171. The van der Waals surface area contributed by atoms with E-state index in [0.29, 0.717) is 77.2 Å². The van der Waals surface area contributed by atoms with Gasteiger partial charge in [0.2, 0.25) is 22.4 Å². The van der Waals surface area contributed by atoms with Crippen LogP contribution >= 0.6 is 34.4 Å². The number of ether oxygens (including phenoxy) is 2. The summed E-state index contributed by atoms with van der Waals surface area (Å²) in [4.78, 5) is 98.0. The molecule has 2 aromatic heterocycles. The second-order valence-corrected chi connectivity index (χ2v) is 19.0. The lowest BCUT2D eigenvalue weighted by molar-refractivity contribution is -0.191. The van der Waals surface area contributed by atoms with Crippen LogP contribution in [0.2, 0.25) is 0 Å². The summed E-state index contributed by atoms with van der Waals surface area (Å²) in [6.45, 7) is 4.24. The van der Waals surface area contributed by atoms with Gasteiger partial charge in [0.15, 0.2) is 0 Å². The van der Waals surface area contributed by atoms with Gasteiger partial charge in [-0.2, -0.15) is 9.59 Å². The van der Waals surface area contributed by atoms with E-state index >= 15 is 0 Å². The van der Waals surface area contributed by atoms with Crippen molar-refractivity contribution < 1.29 is 74.5 Å². The van der Waals surface area contributed by atoms with Crippen molar-refractivity contribution >= 4 is 112 Å². The average Bonchev–Trinajstić information content (AvgIpc) is 4.38. The molecule has 12 nitrogen and oxygen atoms in total. The zero-order chi connectivity index (χ0) is 57.5. The average molecular weight is 1140 g/mol. The third-order valence-corrected chi connectivity index (χ3v) is 14.1. The van der Waals surface area contributed by atoms with Crippen molar-refractivity contribution in [3.8, 4) is 22.3 Å². The topological polar surface area (TPSA) is 192 Å². The number of carbonyl (C=O) groups excluding carboxylic acids is 6. The Labute approximate surface area is 455 Å². The van der Waals surface area contributed by atoms with Crippen molar-refractivity contribution in [1.29, 1.82) is 0 Å². The second kappa shape index (κ2) is 27.4. The number of carboxylic acid groups (broad SMARTS) is 1. The minimum Gasteiger partial charge on any atom is -0.477 e. The number of thiophene rings is 2. The van der Waals surface area contributed by atoms with Gasteiger partial charge in [-0.15, -0.1) is 34.4 Å². The molecule has 0 saturated carbocycles. The minimum atomic E-state index is -1.04. The zero-order valence-corrected chi connectivity index (χ0v) is 43.5. The number of rotatable bonds is 12. The largest absolute Gasteiger partial charge is 0.477 e. The maximum absolute atomic E-state index is 13.4. The zero-order valence-electron chi connectivity index (χ0n) is 41.0. The van der Waals surface area contributed by atoms with Gasteiger partial charge in [-0.3, -0.25) is 28.8 Å². The highest BCUT2D eigenvalue weighted by Gasteiger charge is 2.24. The van der Waals surface area contributed by atoms with E-state index in [1.165, 1.54) is 96.7 Å². The fourth-order valence-corrected chi connectivity index (χ4v) is 10.5. The first-order valence-corrected chi connectivity index (χ1v) is 25.9. The number of carboxylic acids is 1. The van der Waals surface area contributed by atoms with Crippen molar-refractivity contribution in [1.82, 2.24) is 0 Å². The first-order chi connectivity index (χ1) is 37.8. The highest BCUT2D eigenvalue weighted by Crippen LogP contribution is 2.42. The summed E-state index contributed by atoms with van der Waals surface area (Å²) in [6, 6.07) is 29.0. The van der Waals surface area contributed by atoms with Crippen LogP contribution in [0.3, 0.4) is 0 Å². The molecular weight excluding hydrogens is 1100 g/mol. The third-order valence-electron chi connectivity index (χ3n) is 11.1. The number of ketones is 2. The molecule has 79 heavy (non-hydrogen) atoms. The van der Waals surface area contributed by atoms with E-state index < -0.39 is 40.8 Å². The summed E-state index contributed by atoms with van der Waals surface area (Å²) in [7, 11) is 0. The van der Waals surface area contributed by atoms with E-state index in [1.54, 1.807) is 43.5 Å². The smallest absolute Gasteiger partial charge is 0.373 e. The summed E-state index contributed by atoms with van der Waals surface area (Å²) in [5.74, 6) is -5.39. The number of benzene rings is 6. The third kappa shape index (κ3) is 14.6. The van der Waals surface area contributed by atoms with Crippen LogP contribution in [0.5, 0.6) is 0 Å². The highest BCUT2D eigenvalue weighted by atomic mass is 32.2. The Hall–Kier alpha value is -8.88. The molecule has 0 unspecified atom stereocenters. The van der Waals surface area contributed by atoms with Gasteiger partial charge in [0.1, 0.15) is 39.8 Å². The Morgan fingerprint density at radius 1 is 0.519 bits per heavy atom. The number of carbonyl (C=O) groups is 5. The van der Waals surface area contributed by atoms with Crippen molar-refractivity contribution in [3.63, 3.8) is 0 Å². The summed E-state index contributed by atoms with van der Waals surface area (Å²) in [5.41, 5.74) is 2.22.